The summed E-state index contributed by atoms with van der Waals surface area (Å²) in [5, 5.41) is 0. The van der Waals surface area contributed by atoms with Crippen LogP contribution in [0.3, 0.4) is 0 Å². The van der Waals surface area contributed by atoms with Crippen LogP contribution in [0, 0.1) is 0 Å². The molecule has 0 N–H and O–H groups in total. The zero-order chi connectivity index (χ0) is 10.6. The van der Waals surface area contributed by atoms with Crippen molar-refractivity contribution in [3.05, 3.63) is 35.0 Å². The Hall–Kier alpha value is -0.900. The van der Waals surface area contributed by atoms with Crippen LogP contribution in [0.4, 0.5) is 0 Å². The molecule has 0 saturated carbocycles. The fraction of sp³-hybridized carbons (Fsp3) is 0.500. The number of hydrogen-bond donors (Lipinski definition) is 1. The molecule has 78 valence electrons. The number of imidazole rings is 1. The summed E-state index contributed by atoms with van der Waals surface area (Å²) in [6.45, 7) is 7.22. The van der Waals surface area contributed by atoms with Crippen molar-refractivity contribution in [2.75, 3.05) is 5.75 Å². The summed E-state index contributed by atoms with van der Waals surface area (Å²) in [6, 6.07) is 0. The van der Waals surface area contributed by atoms with E-state index in [1.54, 1.807) is 15.3 Å². The van der Waals surface area contributed by atoms with Gasteiger partial charge in [0.1, 0.15) is 0 Å². The van der Waals surface area contributed by atoms with E-state index >= 15 is 0 Å². The molecule has 0 amide bonds. The largest absolute Gasteiger partial charge is 0.328 e. The smallest absolute Gasteiger partial charge is 0.299 e. The normalized spacial score (nSPS) is 10.4. The van der Waals surface area contributed by atoms with E-state index in [1.807, 2.05) is 6.20 Å². The van der Waals surface area contributed by atoms with Gasteiger partial charge in [0.2, 0.25) is 0 Å². The lowest BCUT2D eigenvalue weighted by Gasteiger charge is -2.02. The fourth-order valence-electron chi connectivity index (χ4n) is 1.28. The zero-order valence-corrected chi connectivity index (χ0v) is 9.33. The lowest BCUT2D eigenvalue weighted by atomic mass is 10.3. The third kappa shape index (κ3) is 2.54. The van der Waals surface area contributed by atoms with Gasteiger partial charge in [-0.15, -0.1) is 0 Å². The van der Waals surface area contributed by atoms with Gasteiger partial charge >= 0.3 is 5.69 Å². The van der Waals surface area contributed by atoms with E-state index in [0.29, 0.717) is 12.3 Å². The highest BCUT2D eigenvalue weighted by Gasteiger charge is 2.02. The molecule has 0 saturated heterocycles. The minimum Gasteiger partial charge on any atom is -0.299 e. The maximum atomic E-state index is 11.7. The third-order valence-corrected chi connectivity index (χ3v) is 2.45. The maximum absolute atomic E-state index is 11.7. The molecule has 14 heavy (non-hydrogen) atoms. The Bertz CT molecular complexity index is 364. The van der Waals surface area contributed by atoms with Crippen LogP contribution in [0.2, 0.25) is 0 Å². The summed E-state index contributed by atoms with van der Waals surface area (Å²) in [5.74, 6) is 0.616. The summed E-state index contributed by atoms with van der Waals surface area (Å²) < 4.78 is 3.38. The van der Waals surface area contributed by atoms with Gasteiger partial charge in [0, 0.05) is 31.2 Å². The van der Waals surface area contributed by atoms with Crippen molar-refractivity contribution in [2.24, 2.45) is 0 Å². The molecule has 0 fully saturated rings. The molecule has 3 nitrogen and oxygen atoms in total. The Balaban J connectivity index is 2.79. The molecule has 1 rings (SSSR count). The lowest BCUT2D eigenvalue weighted by molar-refractivity contribution is 0.622. The molecule has 0 aliphatic carbocycles. The minimum atomic E-state index is 0.0368. The summed E-state index contributed by atoms with van der Waals surface area (Å²) in [4.78, 5) is 11.7. The van der Waals surface area contributed by atoms with Gasteiger partial charge in [-0.2, -0.15) is 12.6 Å². The van der Waals surface area contributed by atoms with Crippen LogP contribution >= 0.6 is 12.6 Å². The second kappa shape index (κ2) is 5.10. The van der Waals surface area contributed by atoms with Crippen molar-refractivity contribution in [1.29, 1.82) is 0 Å². The number of nitrogens with zero attached hydrogens (tertiary/aromatic N) is 2. The van der Waals surface area contributed by atoms with E-state index in [-0.39, 0.29) is 5.69 Å². The number of aryl methyl sites for hydroxylation is 1. The van der Waals surface area contributed by atoms with E-state index in [4.69, 9.17) is 0 Å². The van der Waals surface area contributed by atoms with Gasteiger partial charge in [0.25, 0.3) is 0 Å². The van der Waals surface area contributed by atoms with Crippen LogP contribution in [-0.2, 0) is 13.1 Å². The highest BCUT2D eigenvalue weighted by Crippen LogP contribution is 1.97. The van der Waals surface area contributed by atoms with Crippen LogP contribution in [0.15, 0.2) is 29.3 Å². The molecule has 0 atom stereocenters. The van der Waals surface area contributed by atoms with Crippen molar-refractivity contribution >= 4 is 12.6 Å². The Morgan fingerprint density at radius 3 is 2.71 bits per heavy atom. The van der Waals surface area contributed by atoms with Crippen molar-refractivity contribution in [2.45, 2.75) is 26.4 Å². The van der Waals surface area contributed by atoms with E-state index < -0.39 is 0 Å². The molecule has 0 radical (unpaired) electrons. The average molecular weight is 212 g/mol. The molecule has 0 aliphatic rings. The number of thiol groups is 1. The summed E-state index contributed by atoms with van der Waals surface area (Å²) >= 11 is 4.11. The second-order valence-electron chi connectivity index (χ2n) is 3.31. The van der Waals surface area contributed by atoms with Crippen molar-refractivity contribution in [3.63, 3.8) is 0 Å². The highest BCUT2D eigenvalue weighted by molar-refractivity contribution is 7.80. The topological polar surface area (TPSA) is 26.9 Å². The molecule has 1 heterocycles. The lowest BCUT2D eigenvalue weighted by Crippen LogP contribution is -2.24. The first-order chi connectivity index (χ1) is 6.69. The van der Waals surface area contributed by atoms with Gasteiger partial charge in [-0.3, -0.25) is 9.13 Å². The molecule has 1 aromatic heterocycles. The summed E-state index contributed by atoms with van der Waals surface area (Å²) in [7, 11) is 0. The Kier molecular flexibility index (Phi) is 4.07. The third-order valence-electron chi connectivity index (χ3n) is 2.00. The summed E-state index contributed by atoms with van der Waals surface area (Å²) in [5.41, 5.74) is 0.986. The second-order valence-corrected chi connectivity index (χ2v) is 3.63. The maximum Gasteiger partial charge on any atom is 0.328 e. The van der Waals surface area contributed by atoms with Crippen LogP contribution < -0.4 is 5.69 Å². The zero-order valence-electron chi connectivity index (χ0n) is 8.44. The van der Waals surface area contributed by atoms with Gasteiger partial charge in [-0.25, -0.2) is 4.79 Å². The first-order valence-corrected chi connectivity index (χ1v) is 5.35. The van der Waals surface area contributed by atoms with E-state index in [1.165, 1.54) is 0 Å². The van der Waals surface area contributed by atoms with Gasteiger partial charge in [-0.05, 0) is 12.0 Å². The van der Waals surface area contributed by atoms with Gasteiger partial charge in [0.05, 0.1) is 0 Å². The molecular formula is C10H16N2OS. The van der Waals surface area contributed by atoms with Gasteiger partial charge < -0.3 is 0 Å². The van der Waals surface area contributed by atoms with Crippen LogP contribution in [-0.4, -0.2) is 14.9 Å². The molecule has 4 heteroatoms. The molecule has 1 aromatic rings. The Labute approximate surface area is 89.5 Å². The van der Waals surface area contributed by atoms with E-state index in [9.17, 15) is 4.79 Å². The number of hydrogen-bond acceptors (Lipinski definition) is 2. The molecule has 0 bridgehead atoms. The van der Waals surface area contributed by atoms with Gasteiger partial charge in [-0.1, -0.05) is 13.5 Å². The molecule has 0 unspecified atom stereocenters. The number of aromatic nitrogens is 2. The highest BCUT2D eigenvalue weighted by atomic mass is 32.1. The van der Waals surface area contributed by atoms with E-state index in [2.05, 4.69) is 26.1 Å². The SMILES string of the molecule is C=C(CS)Cn1ccn(CCC)c1=O. The van der Waals surface area contributed by atoms with Crippen molar-refractivity contribution in [1.82, 2.24) is 9.13 Å². The first kappa shape index (κ1) is 11.2. The molecular weight excluding hydrogens is 196 g/mol. The summed E-state index contributed by atoms with van der Waals surface area (Å²) in [6.07, 6.45) is 4.58. The van der Waals surface area contributed by atoms with Crippen LogP contribution in [0.1, 0.15) is 13.3 Å². The molecule has 0 spiro atoms. The van der Waals surface area contributed by atoms with Crippen molar-refractivity contribution in [3.8, 4) is 0 Å². The Morgan fingerprint density at radius 2 is 2.14 bits per heavy atom. The minimum absolute atomic E-state index is 0.0368. The predicted molar refractivity (Wildman–Crippen MR) is 62.0 cm³/mol. The van der Waals surface area contributed by atoms with E-state index in [0.717, 1.165) is 18.5 Å². The van der Waals surface area contributed by atoms with Gasteiger partial charge in [0.15, 0.2) is 0 Å². The quantitative estimate of drug-likeness (QED) is 0.582. The van der Waals surface area contributed by atoms with Crippen LogP contribution in [0.25, 0.3) is 0 Å². The molecule has 0 aromatic carbocycles. The first-order valence-electron chi connectivity index (χ1n) is 4.72. The standard InChI is InChI=1S/C10H16N2OS/c1-3-4-11-5-6-12(10(11)13)7-9(2)8-14/h5-6,14H,2-4,7-8H2,1H3. The monoisotopic (exact) mass is 212 g/mol. The van der Waals surface area contributed by atoms with Crippen LogP contribution in [0.5, 0.6) is 0 Å². The molecule has 0 aliphatic heterocycles. The number of rotatable bonds is 5. The Morgan fingerprint density at radius 1 is 1.50 bits per heavy atom. The predicted octanol–water partition coefficient (Wildman–Crippen LogP) is 1.55. The average Bonchev–Trinajstić information content (AvgIpc) is 2.50. The van der Waals surface area contributed by atoms with Crippen molar-refractivity contribution < 1.29 is 0 Å². The fourth-order valence-corrected chi connectivity index (χ4v) is 1.38.